The second-order valence-electron chi connectivity index (χ2n) is 7.67. The van der Waals surface area contributed by atoms with Crippen LogP contribution in [0.3, 0.4) is 0 Å². The Morgan fingerprint density at radius 3 is 2.74 bits per heavy atom. The minimum atomic E-state index is 0.0107. The van der Waals surface area contributed by atoms with E-state index >= 15 is 0 Å². The molecule has 0 aliphatic rings. The summed E-state index contributed by atoms with van der Waals surface area (Å²) in [4.78, 5) is 25.6. The minimum Gasteiger partial charge on any atom is -0.361 e. The van der Waals surface area contributed by atoms with Gasteiger partial charge in [0, 0.05) is 52.9 Å². The van der Waals surface area contributed by atoms with Crippen LogP contribution >= 0.6 is 0 Å². The van der Waals surface area contributed by atoms with Crippen molar-refractivity contribution < 1.29 is 0 Å². The maximum absolute atomic E-state index is 13.2. The summed E-state index contributed by atoms with van der Waals surface area (Å²) in [7, 11) is 0. The molecule has 0 amide bonds. The van der Waals surface area contributed by atoms with Gasteiger partial charge in [0.05, 0.1) is 0 Å². The number of pyridine rings is 1. The van der Waals surface area contributed by atoms with E-state index in [-0.39, 0.29) is 5.56 Å². The Balaban J connectivity index is 1.54. The fourth-order valence-electron chi connectivity index (χ4n) is 3.91. The molecule has 0 fully saturated rings. The van der Waals surface area contributed by atoms with Gasteiger partial charge in [-0.05, 0) is 42.3 Å². The van der Waals surface area contributed by atoms with Gasteiger partial charge >= 0.3 is 0 Å². The number of benzene rings is 2. The highest BCUT2D eigenvalue weighted by molar-refractivity contribution is 5.84. The number of hydrogen-bond acceptors (Lipinski definition) is 4. The maximum atomic E-state index is 13.2. The first-order valence-electron chi connectivity index (χ1n) is 10.5. The number of rotatable bonds is 6. The molecule has 0 saturated heterocycles. The van der Waals surface area contributed by atoms with Crippen molar-refractivity contribution in [3.63, 3.8) is 0 Å². The van der Waals surface area contributed by atoms with Crippen LogP contribution in [0.2, 0.25) is 0 Å². The number of aryl methyl sites for hydroxylation is 1. The molecule has 0 spiro atoms. The predicted octanol–water partition coefficient (Wildman–Crippen LogP) is 5.02. The lowest BCUT2D eigenvalue weighted by atomic mass is 10.1. The Labute approximate surface area is 179 Å². The van der Waals surface area contributed by atoms with Crippen LogP contribution in [-0.2, 0) is 13.0 Å². The van der Waals surface area contributed by atoms with Crippen LogP contribution in [0.4, 0.5) is 11.6 Å². The van der Waals surface area contributed by atoms with E-state index in [1.165, 1.54) is 0 Å². The summed E-state index contributed by atoms with van der Waals surface area (Å²) in [5.74, 6) is 0.474. The molecule has 3 aromatic heterocycles. The van der Waals surface area contributed by atoms with E-state index in [2.05, 4.69) is 22.2 Å². The van der Waals surface area contributed by atoms with Crippen LogP contribution < -0.4 is 10.9 Å². The van der Waals surface area contributed by atoms with Crippen molar-refractivity contribution in [3.8, 4) is 0 Å². The molecular weight excluding hydrogens is 386 g/mol. The Kier molecular flexibility index (Phi) is 4.96. The number of anilines is 2. The molecule has 2 N–H and O–H groups in total. The van der Waals surface area contributed by atoms with Crippen molar-refractivity contribution in [2.75, 3.05) is 5.32 Å². The Morgan fingerprint density at radius 2 is 1.90 bits per heavy atom. The van der Waals surface area contributed by atoms with Gasteiger partial charge in [-0.3, -0.25) is 9.36 Å². The van der Waals surface area contributed by atoms with E-state index in [1.54, 1.807) is 10.8 Å². The van der Waals surface area contributed by atoms with Gasteiger partial charge in [-0.1, -0.05) is 37.3 Å². The van der Waals surface area contributed by atoms with Crippen LogP contribution in [0, 0.1) is 0 Å². The lowest BCUT2D eigenvalue weighted by Crippen LogP contribution is -2.25. The van der Waals surface area contributed by atoms with E-state index < -0.39 is 0 Å². The molecule has 2 aromatic carbocycles. The Morgan fingerprint density at radius 1 is 1.03 bits per heavy atom. The summed E-state index contributed by atoms with van der Waals surface area (Å²) in [6.07, 6.45) is 5.15. The van der Waals surface area contributed by atoms with Crippen LogP contribution in [0.15, 0.2) is 77.9 Å². The van der Waals surface area contributed by atoms with E-state index in [0.717, 1.165) is 39.5 Å². The molecule has 5 rings (SSSR count). The molecule has 0 radical (unpaired) electrons. The van der Waals surface area contributed by atoms with Gasteiger partial charge in [-0.15, -0.1) is 0 Å². The van der Waals surface area contributed by atoms with Gasteiger partial charge in [0.2, 0.25) is 5.95 Å². The normalized spacial score (nSPS) is 11.3. The van der Waals surface area contributed by atoms with Crippen molar-refractivity contribution in [2.24, 2.45) is 0 Å². The standard InChI is InChI=1S/C25H23N5O/c1-2-12-30-23-20(14-19(24(30)31)13-17-6-4-3-5-7-17)16-27-25(29-23)28-21-8-9-22-18(15-21)10-11-26-22/h3-11,14-16,26H,2,12-13H2,1H3,(H,27,28,29). The molecule has 6 nitrogen and oxygen atoms in total. The molecule has 0 saturated carbocycles. The van der Waals surface area contributed by atoms with Crippen LogP contribution in [0.25, 0.3) is 21.9 Å². The Hall–Kier alpha value is -3.93. The molecule has 0 unspecified atom stereocenters. The third-order valence-electron chi connectivity index (χ3n) is 5.40. The number of hydrogen-bond donors (Lipinski definition) is 2. The lowest BCUT2D eigenvalue weighted by molar-refractivity contribution is 0.666. The molecule has 5 aromatic rings. The zero-order chi connectivity index (χ0) is 21.2. The van der Waals surface area contributed by atoms with Gasteiger partial charge < -0.3 is 10.3 Å². The maximum Gasteiger partial charge on any atom is 0.255 e. The Bertz CT molecular complexity index is 1420. The van der Waals surface area contributed by atoms with Crippen LogP contribution in [-0.4, -0.2) is 19.5 Å². The largest absolute Gasteiger partial charge is 0.361 e. The summed E-state index contributed by atoms with van der Waals surface area (Å²) < 4.78 is 1.77. The number of aromatic nitrogens is 4. The monoisotopic (exact) mass is 409 g/mol. The third-order valence-corrected chi connectivity index (χ3v) is 5.40. The molecular formula is C25H23N5O. The average Bonchev–Trinajstić information content (AvgIpc) is 3.26. The highest BCUT2D eigenvalue weighted by Gasteiger charge is 2.12. The van der Waals surface area contributed by atoms with Gasteiger partial charge in [-0.2, -0.15) is 4.98 Å². The van der Waals surface area contributed by atoms with Gasteiger partial charge in [0.15, 0.2) is 0 Å². The van der Waals surface area contributed by atoms with Gasteiger partial charge in [0.25, 0.3) is 5.56 Å². The summed E-state index contributed by atoms with van der Waals surface area (Å²) >= 11 is 0. The fourth-order valence-corrected chi connectivity index (χ4v) is 3.91. The van der Waals surface area contributed by atoms with E-state index in [4.69, 9.17) is 4.98 Å². The lowest BCUT2D eigenvalue weighted by Gasteiger charge is -2.13. The van der Waals surface area contributed by atoms with E-state index in [1.807, 2.05) is 66.9 Å². The minimum absolute atomic E-state index is 0.0107. The number of H-pyrrole nitrogens is 1. The fraction of sp³-hybridized carbons (Fsp3) is 0.160. The first kappa shape index (κ1) is 19.1. The first-order chi connectivity index (χ1) is 15.2. The summed E-state index contributed by atoms with van der Waals surface area (Å²) in [6, 6.07) is 20.0. The molecule has 0 aliphatic heterocycles. The van der Waals surface area contributed by atoms with Gasteiger partial charge in [-0.25, -0.2) is 4.98 Å². The van der Waals surface area contributed by atoms with Crippen molar-refractivity contribution in [3.05, 3.63) is 94.5 Å². The smallest absolute Gasteiger partial charge is 0.255 e. The second-order valence-corrected chi connectivity index (χ2v) is 7.67. The molecule has 0 atom stereocenters. The third kappa shape index (κ3) is 3.80. The van der Waals surface area contributed by atoms with Crippen LogP contribution in [0.1, 0.15) is 24.5 Å². The molecule has 6 heteroatoms. The van der Waals surface area contributed by atoms with E-state index in [9.17, 15) is 4.79 Å². The molecule has 154 valence electrons. The molecule has 0 bridgehead atoms. The summed E-state index contributed by atoms with van der Waals surface area (Å²) in [5.41, 5.74) is 4.51. The zero-order valence-electron chi connectivity index (χ0n) is 17.3. The van der Waals surface area contributed by atoms with Crippen molar-refractivity contribution in [1.82, 2.24) is 19.5 Å². The van der Waals surface area contributed by atoms with Crippen LogP contribution in [0.5, 0.6) is 0 Å². The van der Waals surface area contributed by atoms with Crippen molar-refractivity contribution >= 4 is 33.6 Å². The van der Waals surface area contributed by atoms with E-state index in [0.29, 0.717) is 24.6 Å². The second kappa shape index (κ2) is 8.07. The highest BCUT2D eigenvalue weighted by Crippen LogP contribution is 2.21. The molecule has 3 heterocycles. The van der Waals surface area contributed by atoms with Crippen molar-refractivity contribution in [2.45, 2.75) is 26.3 Å². The average molecular weight is 409 g/mol. The number of nitrogens with zero attached hydrogens (tertiary/aromatic N) is 3. The molecule has 31 heavy (non-hydrogen) atoms. The van der Waals surface area contributed by atoms with Gasteiger partial charge in [0.1, 0.15) is 5.65 Å². The molecule has 0 aliphatic carbocycles. The summed E-state index contributed by atoms with van der Waals surface area (Å²) in [5, 5.41) is 5.25. The summed E-state index contributed by atoms with van der Waals surface area (Å²) in [6.45, 7) is 2.68. The number of aromatic amines is 1. The first-order valence-corrected chi connectivity index (χ1v) is 10.5. The SMILES string of the molecule is CCCn1c(=O)c(Cc2ccccc2)cc2cnc(Nc3ccc4[nH]ccc4c3)nc21. The topological polar surface area (TPSA) is 75.6 Å². The predicted molar refractivity (Wildman–Crippen MR) is 125 cm³/mol. The number of fused-ring (bicyclic) bond motifs is 2. The highest BCUT2D eigenvalue weighted by atomic mass is 16.1. The zero-order valence-corrected chi connectivity index (χ0v) is 17.3. The quantitative estimate of drug-likeness (QED) is 0.413. The van der Waals surface area contributed by atoms with Crippen molar-refractivity contribution in [1.29, 1.82) is 0 Å². The number of nitrogens with one attached hydrogen (secondary N) is 2.